The molecule has 0 bridgehead atoms. The molecule has 5 rings (SSSR count). The van der Waals surface area contributed by atoms with Crippen molar-refractivity contribution in [3.05, 3.63) is 89.5 Å². The van der Waals surface area contributed by atoms with Crippen molar-refractivity contribution in [2.45, 2.75) is 13.8 Å². The molecule has 2 aliphatic heterocycles. The van der Waals surface area contributed by atoms with Gasteiger partial charge in [-0.05, 0) is 43.7 Å². The summed E-state index contributed by atoms with van der Waals surface area (Å²) in [7, 11) is 0. The van der Waals surface area contributed by atoms with Gasteiger partial charge in [0.2, 0.25) is 0 Å². The molecule has 0 N–H and O–H groups in total. The zero-order chi connectivity index (χ0) is 22.1. The first kappa shape index (κ1) is 20.5. The Morgan fingerprint density at radius 2 is 1.56 bits per heavy atom. The lowest BCUT2D eigenvalue weighted by atomic mass is 10.1. The topological polar surface area (TPSA) is 39.2 Å². The zero-order valence-corrected chi connectivity index (χ0v) is 18.7. The fraction of sp³-hybridized carbons (Fsp3) is 0.259. The fourth-order valence-electron chi connectivity index (χ4n) is 4.55. The zero-order valence-electron chi connectivity index (χ0n) is 18.7. The van der Waals surface area contributed by atoms with E-state index in [0.29, 0.717) is 12.4 Å². The van der Waals surface area contributed by atoms with Crippen molar-refractivity contribution < 1.29 is 4.79 Å². The van der Waals surface area contributed by atoms with Crippen LogP contribution in [0.1, 0.15) is 16.7 Å². The highest BCUT2D eigenvalue weighted by Crippen LogP contribution is 2.32. The van der Waals surface area contributed by atoms with Gasteiger partial charge < -0.3 is 4.90 Å². The molecule has 1 fully saturated rings. The van der Waals surface area contributed by atoms with E-state index in [9.17, 15) is 4.79 Å². The number of rotatable bonds is 4. The van der Waals surface area contributed by atoms with Gasteiger partial charge in [-0.1, -0.05) is 54.1 Å². The van der Waals surface area contributed by atoms with Gasteiger partial charge in [0.1, 0.15) is 5.71 Å². The summed E-state index contributed by atoms with van der Waals surface area (Å²) >= 11 is 0. The van der Waals surface area contributed by atoms with Gasteiger partial charge in [-0.3, -0.25) is 14.6 Å². The predicted molar refractivity (Wildman–Crippen MR) is 131 cm³/mol. The Morgan fingerprint density at radius 3 is 2.31 bits per heavy atom. The van der Waals surface area contributed by atoms with Crippen LogP contribution in [-0.4, -0.2) is 49.4 Å². The maximum atomic E-state index is 13.5. The molecule has 162 valence electrons. The van der Waals surface area contributed by atoms with Crippen LogP contribution in [0.5, 0.6) is 0 Å². The van der Waals surface area contributed by atoms with Gasteiger partial charge in [0, 0.05) is 37.4 Å². The highest BCUT2D eigenvalue weighted by molar-refractivity contribution is 6.54. The molecule has 1 saturated heterocycles. The maximum Gasteiger partial charge on any atom is 0.278 e. The SMILES string of the molecule is Cc1ccc(N=C2C(=O)N(CN3CCN(c4ccccc4)CC3)c3ccccc32)c(C)c1. The van der Waals surface area contributed by atoms with Crippen molar-refractivity contribution in [2.75, 3.05) is 42.6 Å². The van der Waals surface area contributed by atoms with Crippen LogP contribution < -0.4 is 9.80 Å². The summed E-state index contributed by atoms with van der Waals surface area (Å²) in [6, 6.07) is 24.7. The summed E-state index contributed by atoms with van der Waals surface area (Å²) in [6.45, 7) is 8.45. The van der Waals surface area contributed by atoms with E-state index in [2.05, 4.69) is 47.1 Å². The Kier molecular flexibility index (Phi) is 5.50. The van der Waals surface area contributed by atoms with Crippen LogP contribution in [0.4, 0.5) is 17.1 Å². The van der Waals surface area contributed by atoms with Crippen LogP contribution in [0, 0.1) is 13.8 Å². The van der Waals surface area contributed by atoms with Crippen molar-refractivity contribution in [1.82, 2.24) is 4.90 Å². The van der Waals surface area contributed by atoms with E-state index in [1.54, 1.807) is 0 Å². The van der Waals surface area contributed by atoms with Gasteiger partial charge in [0.25, 0.3) is 5.91 Å². The Bertz CT molecular complexity index is 1160. The summed E-state index contributed by atoms with van der Waals surface area (Å²) in [4.78, 5) is 24.9. The number of carbonyl (C=O) groups excluding carboxylic acids is 1. The molecule has 1 amide bonds. The number of para-hydroxylation sites is 2. The molecule has 2 heterocycles. The highest BCUT2D eigenvalue weighted by Gasteiger charge is 2.35. The Morgan fingerprint density at radius 1 is 0.844 bits per heavy atom. The number of nitrogens with zero attached hydrogens (tertiary/aromatic N) is 4. The Balaban J connectivity index is 1.35. The second-order valence-electron chi connectivity index (χ2n) is 8.58. The molecule has 3 aromatic carbocycles. The third-order valence-electron chi connectivity index (χ3n) is 6.32. The van der Waals surface area contributed by atoms with Gasteiger partial charge in [-0.15, -0.1) is 0 Å². The minimum Gasteiger partial charge on any atom is -0.369 e. The molecular weight excluding hydrogens is 396 g/mol. The van der Waals surface area contributed by atoms with E-state index < -0.39 is 0 Å². The van der Waals surface area contributed by atoms with Gasteiger partial charge >= 0.3 is 0 Å². The first-order valence-electron chi connectivity index (χ1n) is 11.2. The fourth-order valence-corrected chi connectivity index (χ4v) is 4.55. The average molecular weight is 425 g/mol. The van der Waals surface area contributed by atoms with Crippen molar-refractivity contribution >= 4 is 28.7 Å². The lowest BCUT2D eigenvalue weighted by molar-refractivity contribution is -0.112. The average Bonchev–Trinajstić information content (AvgIpc) is 3.08. The Hall–Kier alpha value is -3.44. The van der Waals surface area contributed by atoms with E-state index in [1.165, 1.54) is 11.3 Å². The van der Waals surface area contributed by atoms with Crippen molar-refractivity contribution in [2.24, 2.45) is 4.99 Å². The number of benzene rings is 3. The molecule has 0 unspecified atom stereocenters. The maximum absolute atomic E-state index is 13.5. The number of aryl methyl sites for hydroxylation is 2. The van der Waals surface area contributed by atoms with E-state index in [4.69, 9.17) is 4.99 Å². The molecule has 3 aromatic rings. The first-order valence-corrected chi connectivity index (χ1v) is 11.2. The summed E-state index contributed by atoms with van der Waals surface area (Å²) < 4.78 is 0. The van der Waals surface area contributed by atoms with E-state index in [0.717, 1.165) is 48.7 Å². The van der Waals surface area contributed by atoms with Crippen molar-refractivity contribution in [3.63, 3.8) is 0 Å². The molecule has 2 aliphatic rings. The second kappa shape index (κ2) is 8.60. The largest absolute Gasteiger partial charge is 0.369 e. The molecule has 0 saturated carbocycles. The molecule has 0 spiro atoms. The third kappa shape index (κ3) is 3.92. The number of anilines is 2. The van der Waals surface area contributed by atoms with E-state index in [1.807, 2.05) is 54.3 Å². The highest BCUT2D eigenvalue weighted by atomic mass is 16.2. The summed E-state index contributed by atoms with van der Waals surface area (Å²) in [6.07, 6.45) is 0. The van der Waals surface area contributed by atoms with E-state index >= 15 is 0 Å². The lowest BCUT2D eigenvalue weighted by Gasteiger charge is -2.37. The smallest absolute Gasteiger partial charge is 0.278 e. The van der Waals surface area contributed by atoms with Crippen LogP contribution in [-0.2, 0) is 4.79 Å². The normalized spacial score (nSPS) is 17.8. The number of amides is 1. The van der Waals surface area contributed by atoms with Gasteiger partial charge in [-0.2, -0.15) is 0 Å². The number of aliphatic imine (C=N–C) groups is 1. The molecule has 5 nitrogen and oxygen atoms in total. The number of fused-ring (bicyclic) bond motifs is 1. The van der Waals surface area contributed by atoms with Crippen LogP contribution in [0.25, 0.3) is 0 Å². The molecular formula is C27H28N4O. The van der Waals surface area contributed by atoms with Gasteiger partial charge in [0.15, 0.2) is 0 Å². The quantitative estimate of drug-likeness (QED) is 0.617. The van der Waals surface area contributed by atoms with Crippen molar-refractivity contribution in [3.8, 4) is 0 Å². The van der Waals surface area contributed by atoms with Gasteiger partial charge in [-0.25, -0.2) is 4.99 Å². The number of piperazine rings is 1. The van der Waals surface area contributed by atoms with E-state index in [-0.39, 0.29) is 5.91 Å². The summed E-state index contributed by atoms with van der Waals surface area (Å²) in [5.41, 5.74) is 6.80. The predicted octanol–water partition coefficient (Wildman–Crippen LogP) is 4.55. The molecule has 0 aliphatic carbocycles. The monoisotopic (exact) mass is 424 g/mol. The summed E-state index contributed by atoms with van der Waals surface area (Å²) in [5, 5.41) is 0. The second-order valence-corrected chi connectivity index (χ2v) is 8.58. The van der Waals surface area contributed by atoms with Crippen LogP contribution in [0.15, 0.2) is 77.8 Å². The standard InChI is InChI=1S/C27H28N4O/c1-20-12-13-24(21(2)18-20)28-26-23-10-6-7-11-25(23)31(27(26)32)19-29-14-16-30(17-15-29)22-8-4-3-5-9-22/h3-13,18H,14-17,19H2,1-2H3. The summed E-state index contributed by atoms with van der Waals surface area (Å²) in [5.74, 6) is -0.0170. The molecule has 5 heteroatoms. The number of carbonyl (C=O) groups is 1. The van der Waals surface area contributed by atoms with Crippen LogP contribution in [0.2, 0.25) is 0 Å². The molecule has 0 radical (unpaired) electrons. The Labute approximate surface area is 189 Å². The molecule has 0 aromatic heterocycles. The number of hydrogen-bond acceptors (Lipinski definition) is 4. The lowest BCUT2D eigenvalue weighted by Crippen LogP contribution is -2.51. The van der Waals surface area contributed by atoms with Crippen LogP contribution >= 0.6 is 0 Å². The molecule has 32 heavy (non-hydrogen) atoms. The third-order valence-corrected chi connectivity index (χ3v) is 6.32. The number of hydrogen-bond donors (Lipinski definition) is 0. The van der Waals surface area contributed by atoms with Gasteiger partial charge in [0.05, 0.1) is 18.0 Å². The minimum absolute atomic E-state index is 0.0170. The molecule has 0 atom stereocenters. The minimum atomic E-state index is -0.0170. The van der Waals surface area contributed by atoms with Crippen LogP contribution in [0.3, 0.4) is 0 Å². The first-order chi connectivity index (χ1) is 15.6. The van der Waals surface area contributed by atoms with Crippen molar-refractivity contribution in [1.29, 1.82) is 0 Å².